The molecule has 6 nitrogen and oxygen atoms in total. The van der Waals surface area contributed by atoms with Gasteiger partial charge >= 0.3 is 5.69 Å². The van der Waals surface area contributed by atoms with E-state index in [0.717, 1.165) is 12.1 Å². The summed E-state index contributed by atoms with van der Waals surface area (Å²) < 4.78 is 13.3. The van der Waals surface area contributed by atoms with E-state index in [9.17, 15) is 24.7 Å². The van der Waals surface area contributed by atoms with Crippen molar-refractivity contribution in [2.24, 2.45) is 0 Å². The molecule has 2 atom stereocenters. The van der Waals surface area contributed by atoms with Crippen molar-refractivity contribution < 1.29 is 24.6 Å². The third-order valence-electron chi connectivity index (χ3n) is 2.40. The number of hydrogen-bond donors (Lipinski definition) is 3. The lowest BCUT2D eigenvalue weighted by atomic mass is 9.99. The highest BCUT2D eigenvalue weighted by atomic mass is 19.1. The topological polar surface area (TPSA) is 104 Å². The molecule has 3 N–H and O–H groups in total. The fraction of sp³-hybridized carbons (Fsp3) is 0.400. The summed E-state index contributed by atoms with van der Waals surface area (Å²) >= 11 is 0. The number of halogens is 1. The van der Waals surface area contributed by atoms with Crippen LogP contribution < -0.4 is 0 Å². The molecule has 0 spiro atoms. The Morgan fingerprint density at radius 3 is 2.53 bits per heavy atom. The van der Waals surface area contributed by atoms with Crippen LogP contribution in [0.25, 0.3) is 0 Å². The van der Waals surface area contributed by atoms with Gasteiger partial charge in [-0.15, -0.1) is 0 Å². The lowest BCUT2D eigenvalue weighted by molar-refractivity contribution is -0.387. The minimum Gasteiger partial charge on any atom is -0.394 e. The van der Waals surface area contributed by atoms with Gasteiger partial charge in [-0.25, -0.2) is 0 Å². The van der Waals surface area contributed by atoms with Crippen molar-refractivity contribution in [3.8, 4) is 0 Å². The Kier molecular flexibility index (Phi) is 4.11. The first-order valence-electron chi connectivity index (χ1n) is 4.80. The van der Waals surface area contributed by atoms with Crippen molar-refractivity contribution in [1.82, 2.24) is 0 Å². The summed E-state index contributed by atoms with van der Waals surface area (Å²) in [7, 11) is 0. The molecule has 0 aromatic heterocycles. The molecule has 2 unspecified atom stereocenters. The zero-order chi connectivity index (χ0) is 13.2. The highest BCUT2D eigenvalue weighted by Gasteiger charge is 2.24. The van der Waals surface area contributed by atoms with Crippen LogP contribution in [-0.4, -0.2) is 33.0 Å². The SMILES string of the molecule is Cc1cc([N+](=O)[O-])c(F)cc1C(O)C(O)CO. The number of aryl methyl sites for hydroxylation is 1. The predicted molar refractivity (Wildman–Crippen MR) is 55.8 cm³/mol. The number of rotatable bonds is 4. The average Bonchev–Trinajstić information content (AvgIpc) is 2.29. The first-order chi connectivity index (χ1) is 7.88. The third-order valence-corrected chi connectivity index (χ3v) is 2.40. The zero-order valence-corrected chi connectivity index (χ0v) is 9.00. The second-order valence-corrected chi connectivity index (χ2v) is 3.61. The van der Waals surface area contributed by atoms with E-state index in [-0.39, 0.29) is 11.1 Å². The first-order valence-corrected chi connectivity index (χ1v) is 4.80. The largest absolute Gasteiger partial charge is 0.394 e. The number of aliphatic hydroxyl groups is 3. The molecule has 0 amide bonds. The highest BCUT2D eigenvalue weighted by molar-refractivity contribution is 5.42. The molecule has 0 bridgehead atoms. The van der Waals surface area contributed by atoms with Crippen molar-refractivity contribution in [3.05, 3.63) is 39.2 Å². The van der Waals surface area contributed by atoms with Crippen LogP contribution in [0.2, 0.25) is 0 Å². The normalized spacial score (nSPS) is 14.4. The van der Waals surface area contributed by atoms with Crippen molar-refractivity contribution in [3.63, 3.8) is 0 Å². The Hall–Kier alpha value is -1.57. The van der Waals surface area contributed by atoms with Gasteiger partial charge < -0.3 is 15.3 Å². The molecule has 17 heavy (non-hydrogen) atoms. The molecule has 0 radical (unpaired) electrons. The van der Waals surface area contributed by atoms with Crippen LogP contribution in [-0.2, 0) is 0 Å². The smallest absolute Gasteiger partial charge is 0.305 e. The molecule has 7 heteroatoms. The molecule has 1 rings (SSSR count). The average molecular weight is 245 g/mol. The first kappa shape index (κ1) is 13.5. The summed E-state index contributed by atoms with van der Waals surface area (Å²) in [6, 6.07) is 1.76. The lowest BCUT2D eigenvalue weighted by Crippen LogP contribution is -2.23. The zero-order valence-electron chi connectivity index (χ0n) is 9.00. The number of nitro groups is 1. The number of nitro benzene ring substituents is 1. The van der Waals surface area contributed by atoms with E-state index in [1.165, 1.54) is 6.92 Å². The fourth-order valence-corrected chi connectivity index (χ4v) is 1.45. The van der Waals surface area contributed by atoms with Crippen LogP contribution in [0.15, 0.2) is 12.1 Å². The van der Waals surface area contributed by atoms with Gasteiger partial charge in [-0.05, 0) is 24.1 Å². The molecular weight excluding hydrogens is 233 g/mol. The Morgan fingerprint density at radius 1 is 1.47 bits per heavy atom. The van der Waals surface area contributed by atoms with Crippen molar-refractivity contribution in [1.29, 1.82) is 0 Å². The van der Waals surface area contributed by atoms with Gasteiger partial charge in [-0.1, -0.05) is 0 Å². The maximum Gasteiger partial charge on any atom is 0.305 e. The minimum atomic E-state index is -1.49. The van der Waals surface area contributed by atoms with Crippen molar-refractivity contribution in [2.75, 3.05) is 6.61 Å². The second-order valence-electron chi connectivity index (χ2n) is 3.61. The van der Waals surface area contributed by atoms with Crippen LogP contribution in [0.5, 0.6) is 0 Å². The van der Waals surface area contributed by atoms with E-state index in [4.69, 9.17) is 5.11 Å². The van der Waals surface area contributed by atoms with E-state index in [1.54, 1.807) is 0 Å². The number of benzene rings is 1. The highest BCUT2D eigenvalue weighted by Crippen LogP contribution is 2.27. The maximum atomic E-state index is 13.3. The molecule has 0 aliphatic heterocycles. The summed E-state index contributed by atoms with van der Waals surface area (Å²) in [5.41, 5.74) is -0.426. The second kappa shape index (κ2) is 5.17. The number of aliphatic hydroxyl groups excluding tert-OH is 3. The molecule has 0 saturated heterocycles. The van der Waals surface area contributed by atoms with Crippen molar-refractivity contribution in [2.45, 2.75) is 19.1 Å². The summed E-state index contributed by atoms with van der Waals surface area (Å²) in [6.45, 7) is 0.744. The van der Waals surface area contributed by atoms with Gasteiger partial charge in [-0.2, -0.15) is 4.39 Å². The molecule has 0 fully saturated rings. The van der Waals surface area contributed by atoms with Gasteiger partial charge in [-0.3, -0.25) is 10.1 Å². The Bertz CT molecular complexity index is 437. The fourth-order valence-electron chi connectivity index (χ4n) is 1.45. The molecule has 0 aliphatic carbocycles. The Balaban J connectivity index is 3.20. The van der Waals surface area contributed by atoms with E-state index in [2.05, 4.69) is 0 Å². The van der Waals surface area contributed by atoms with Crippen LogP contribution in [0, 0.1) is 22.9 Å². The van der Waals surface area contributed by atoms with Gasteiger partial charge in [0.1, 0.15) is 12.2 Å². The number of hydrogen-bond acceptors (Lipinski definition) is 5. The summed E-state index contributed by atoms with van der Waals surface area (Å²) in [4.78, 5) is 9.58. The molecule has 1 aromatic rings. The molecule has 94 valence electrons. The van der Waals surface area contributed by atoms with E-state index in [1.807, 2.05) is 0 Å². The third kappa shape index (κ3) is 2.76. The van der Waals surface area contributed by atoms with Gasteiger partial charge in [0.05, 0.1) is 11.5 Å². The van der Waals surface area contributed by atoms with E-state index in [0.29, 0.717) is 0 Å². The van der Waals surface area contributed by atoms with Crippen LogP contribution in [0.3, 0.4) is 0 Å². The summed E-state index contributed by atoms with van der Waals surface area (Å²) in [5, 5.41) is 37.9. The monoisotopic (exact) mass is 245 g/mol. The maximum absolute atomic E-state index is 13.3. The predicted octanol–water partition coefficient (Wildman–Crippen LogP) is 0.429. The van der Waals surface area contributed by atoms with E-state index < -0.39 is 35.2 Å². The van der Waals surface area contributed by atoms with Gasteiger partial charge in [0, 0.05) is 6.07 Å². The van der Waals surface area contributed by atoms with Gasteiger partial charge in [0.2, 0.25) is 5.82 Å². The van der Waals surface area contributed by atoms with Gasteiger partial charge in [0.25, 0.3) is 0 Å². The quantitative estimate of drug-likeness (QED) is 0.527. The molecule has 0 heterocycles. The Labute approximate surface area is 96.1 Å². The molecule has 0 aliphatic rings. The standard InChI is InChI=1S/C10H12FNO5/c1-5-2-8(12(16)17)7(11)3-6(5)10(15)9(14)4-13/h2-3,9-10,13-15H,4H2,1H3. The van der Waals surface area contributed by atoms with Gasteiger partial charge in [0.15, 0.2) is 0 Å². The van der Waals surface area contributed by atoms with Crippen LogP contribution in [0.4, 0.5) is 10.1 Å². The molecule has 1 aromatic carbocycles. The van der Waals surface area contributed by atoms with Crippen LogP contribution >= 0.6 is 0 Å². The molecular formula is C10H12FNO5. The minimum absolute atomic E-state index is 0.00894. The Morgan fingerprint density at radius 2 is 2.06 bits per heavy atom. The van der Waals surface area contributed by atoms with E-state index >= 15 is 0 Å². The summed E-state index contributed by atoms with van der Waals surface area (Å²) in [6.07, 6.45) is -2.95. The van der Waals surface area contributed by atoms with Crippen LogP contribution in [0.1, 0.15) is 17.2 Å². The lowest BCUT2D eigenvalue weighted by Gasteiger charge is -2.17. The number of nitrogens with zero attached hydrogens (tertiary/aromatic N) is 1. The summed E-state index contributed by atoms with van der Waals surface area (Å²) in [5.74, 6) is -1.10. The van der Waals surface area contributed by atoms with Crippen molar-refractivity contribution >= 4 is 5.69 Å². The molecule has 0 saturated carbocycles.